The first-order chi connectivity index (χ1) is 40.7. The van der Waals surface area contributed by atoms with E-state index in [0.717, 1.165) is 128 Å². The van der Waals surface area contributed by atoms with Gasteiger partial charge in [0.15, 0.2) is 0 Å². The number of aliphatic hydroxyl groups excluding tert-OH is 2. The molecule has 0 saturated heterocycles. The van der Waals surface area contributed by atoms with E-state index in [1.807, 2.05) is 6.08 Å². The smallest absolute Gasteiger partial charge is 0.220 e. The zero-order chi connectivity index (χ0) is 59.1. The zero-order valence-electron chi connectivity index (χ0n) is 53.4. The van der Waals surface area contributed by atoms with E-state index in [9.17, 15) is 15.0 Å². The van der Waals surface area contributed by atoms with Gasteiger partial charge in [0.25, 0.3) is 0 Å². The summed E-state index contributed by atoms with van der Waals surface area (Å²) in [5.74, 6) is -0.102. The fourth-order valence-electron chi connectivity index (χ4n) is 9.51. The van der Waals surface area contributed by atoms with Crippen LogP contribution in [0.2, 0.25) is 0 Å². The van der Waals surface area contributed by atoms with Gasteiger partial charge in [-0.3, -0.25) is 4.79 Å². The summed E-state index contributed by atoms with van der Waals surface area (Å²) in [5.41, 5.74) is 0. The third-order valence-electron chi connectivity index (χ3n) is 14.7. The van der Waals surface area contributed by atoms with Crippen LogP contribution in [0.5, 0.6) is 0 Å². The molecule has 0 aromatic heterocycles. The van der Waals surface area contributed by atoms with Crippen molar-refractivity contribution in [3.05, 3.63) is 170 Å². The van der Waals surface area contributed by atoms with Gasteiger partial charge in [-0.05, 0) is 128 Å². The largest absolute Gasteiger partial charge is 0.394 e. The fourth-order valence-corrected chi connectivity index (χ4v) is 9.51. The van der Waals surface area contributed by atoms with Crippen LogP contribution in [-0.4, -0.2) is 34.9 Å². The van der Waals surface area contributed by atoms with E-state index in [1.54, 1.807) is 6.08 Å². The number of hydrogen-bond acceptors (Lipinski definition) is 3. The Kier molecular flexibility index (Phi) is 67.3. The highest BCUT2D eigenvalue weighted by Crippen LogP contribution is 2.16. The van der Waals surface area contributed by atoms with Gasteiger partial charge in [-0.1, -0.05) is 332 Å². The summed E-state index contributed by atoms with van der Waals surface area (Å²) in [4.78, 5) is 12.5. The number of rotatable bonds is 61. The lowest BCUT2D eigenvalue weighted by molar-refractivity contribution is -0.123. The van der Waals surface area contributed by atoms with Crippen LogP contribution in [-0.2, 0) is 4.79 Å². The molecule has 82 heavy (non-hydrogen) atoms. The molecule has 0 saturated carbocycles. The highest BCUT2D eigenvalue weighted by Gasteiger charge is 2.18. The summed E-state index contributed by atoms with van der Waals surface area (Å²) >= 11 is 0. The zero-order valence-corrected chi connectivity index (χ0v) is 53.4. The summed E-state index contributed by atoms with van der Waals surface area (Å²) in [6.45, 7) is 4.18. The Bertz CT molecular complexity index is 1760. The number of amides is 1. The van der Waals surface area contributed by atoms with Crippen LogP contribution in [0.1, 0.15) is 296 Å². The molecule has 464 valence electrons. The van der Waals surface area contributed by atoms with Crippen molar-refractivity contribution in [2.24, 2.45) is 0 Å². The average Bonchev–Trinajstić information content (AvgIpc) is 3.50. The van der Waals surface area contributed by atoms with Gasteiger partial charge in [0.1, 0.15) is 0 Å². The van der Waals surface area contributed by atoms with Gasteiger partial charge in [0, 0.05) is 6.42 Å². The first kappa shape index (κ1) is 77.8. The van der Waals surface area contributed by atoms with Crippen LogP contribution in [0.15, 0.2) is 170 Å². The lowest BCUT2D eigenvalue weighted by Gasteiger charge is -2.19. The molecule has 0 fully saturated rings. The van der Waals surface area contributed by atoms with Gasteiger partial charge in [0.2, 0.25) is 5.91 Å². The van der Waals surface area contributed by atoms with E-state index in [0.29, 0.717) is 6.42 Å². The molecule has 0 aromatic rings. The molecular weight excluding hydrogens is 999 g/mol. The van der Waals surface area contributed by atoms with E-state index in [4.69, 9.17) is 0 Å². The van der Waals surface area contributed by atoms with Gasteiger partial charge >= 0.3 is 0 Å². The number of carbonyl (C=O) groups excluding carboxylic acids is 1. The fraction of sp³-hybridized carbons (Fsp3) is 0.628. The molecule has 0 rings (SSSR count). The normalized spacial score (nSPS) is 13.9. The van der Waals surface area contributed by atoms with Crippen molar-refractivity contribution in [2.45, 2.75) is 309 Å². The first-order valence-corrected chi connectivity index (χ1v) is 34.3. The van der Waals surface area contributed by atoms with Crippen molar-refractivity contribution in [2.75, 3.05) is 6.61 Å². The minimum Gasteiger partial charge on any atom is -0.394 e. The number of hydrogen-bond donors (Lipinski definition) is 3. The predicted molar refractivity (Wildman–Crippen MR) is 367 cm³/mol. The molecule has 0 bridgehead atoms. The van der Waals surface area contributed by atoms with Gasteiger partial charge in [-0.2, -0.15) is 0 Å². The second kappa shape index (κ2) is 71.0. The van der Waals surface area contributed by atoms with E-state index in [1.165, 1.54) is 148 Å². The highest BCUT2D eigenvalue weighted by atomic mass is 16.3. The summed E-state index contributed by atoms with van der Waals surface area (Å²) in [6, 6.07) is -0.671. The van der Waals surface area contributed by atoms with E-state index < -0.39 is 12.1 Å². The maximum atomic E-state index is 12.5. The Labute approximate surface area is 508 Å². The molecule has 0 spiro atoms. The minimum absolute atomic E-state index is 0.102. The van der Waals surface area contributed by atoms with Crippen LogP contribution in [0.4, 0.5) is 0 Å². The Morgan fingerprint density at radius 3 is 0.854 bits per heavy atom. The molecule has 0 aliphatic rings. The molecule has 0 aromatic carbocycles. The highest BCUT2D eigenvalue weighted by molar-refractivity contribution is 5.76. The molecule has 3 N–H and O–H groups in total. The molecule has 4 heteroatoms. The molecule has 0 aliphatic heterocycles. The van der Waals surface area contributed by atoms with Crippen molar-refractivity contribution in [3.8, 4) is 0 Å². The molecule has 2 atom stereocenters. The van der Waals surface area contributed by atoms with Crippen LogP contribution in [0.3, 0.4) is 0 Å². The standard InChI is InChI=1S/C78H129NO3/c1-3-5-7-9-11-13-15-17-19-21-23-25-27-29-31-33-35-36-37-38-39-40-41-42-44-46-48-50-52-54-56-58-60-62-64-66-68-70-72-74-78(82)79-76(75-80)77(81)73-71-69-67-65-63-61-59-57-55-53-51-49-47-45-43-34-32-30-28-26-24-22-20-18-16-14-12-10-8-6-4-2/h5,7,11,13,17,19,23,25,29,31,35-36,38-39,41-42,46,48,52,54-55,57-58,60,63,65,71,73,76-77,80-81H,3-4,6,8-10,12,14-16,18,20-22,24,26-28,30,32-34,37,40,43-45,47,49-51,53,56,59,61-62,64,66-70,72,74-75H2,1-2H3,(H,79,82)/b7-5-,13-11-,19-17-,25-23-,31-29-,36-35-,39-38-,42-41-,48-46-,54-52-,57-55+,60-58-,65-63+,73-71+. The van der Waals surface area contributed by atoms with Crippen molar-refractivity contribution in [1.29, 1.82) is 0 Å². The monoisotopic (exact) mass is 1130 g/mol. The summed E-state index contributed by atoms with van der Waals surface area (Å²) in [7, 11) is 0. The predicted octanol–water partition coefficient (Wildman–Crippen LogP) is 23.8. The Hall–Kier alpha value is -4.25. The van der Waals surface area contributed by atoms with E-state index >= 15 is 0 Å². The third-order valence-corrected chi connectivity index (χ3v) is 14.7. The lowest BCUT2D eigenvalue weighted by atomic mass is 10.0. The third kappa shape index (κ3) is 66.5. The number of nitrogens with one attached hydrogen (secondary N) is 1. The number of aliphatic hydroxyl groups is 2. The summed E-state index contributed by atoms with van der Waals surface area (Å²) < 4.78 is 0. The van der Waals surface area contributed by atoms with Crippen LogP contribution < -0.4 is 5.32 Å². The minimum atomic E-state index is -0.894. The van der Waals surface area contributed by atoms with Crippen molar-refractivity contribution in [3.63, 3.8) is 0 Å². The second-order valence-corrected chi connectivity index (χ2v) is 22.5. The van der Waals surface area contributed by atoms with E-state index in [-0.39, 0.29) is 12.5 Å². The SMILES string of the molecule is CC/C=C\C/C=C\C/C=C\C/C=C\C/C=C\C/C=C\C/C=C\C/C=C\C/C=C\C/C=C\C/C=C\CCCCCCCC(=O)NC(CO)C(O)/C=C/CC/C=C/CC/C=C/CCCCCCCCCCCCCCCCCCCCCCC. The van der Waals surface area contributed by atoms with Crippen LogP contribution >= 0.6 is 0 Å². The van der Waals surface area contributed by atoms with Gasteiger partial charge < -0.3 is 15.5 Å². The van der Waals surface area contributed by atoms with Crippen molar-refractivity contribution < 1.29 is 15.0 Å². The number of allylic oxidation sites excluding steroid dienone is 27. The number of unbranched alkanes of at least 4 members (excludes halogenated alkanes) is 28. The van der Waals surface area contributed by atoms with Gasteiger partial charge in [0.05, 0.1) is 18.8 Å². The van der Waals surface area contributed by atoms with Gasteiger partial charge in [-0.25, -0.2) is 0 Å². The van der Waals surface area contributed by atoms with Crippen LogP contribution in [0, 0.1) is 0 Å². The second-order valence-electron chi connectivity index (χ2n) is 22.5. The summed E-state index contributed by atoms with van der Waals surface area (Å²) in [6.07, 6.45) is 114. The Morgan fingerprint density at radius 2 is 0.549 bits per heavy atom. The lowest BCUT2D eigenvalue weighted by Crippen LogP contribution is -2.45. The average molecular weight is 1130 g/mol. The van der Waals surface area contributed by atoms with Crippen molar-refractivity contribution >= 4 is 5.91 Å². The maximum absolute atomic E-state index is 12.5. The molecule has 0 aliphatic carbocycles. The molecule has 1 amide bonds. The molecule has 2 unspecified atom stereocenters. The quantitative estimate of drug-likeness (QED) is 0.0420. The Balaban J connectivity index is 3.67. The molecular formula is C78H129NO3. The van der Waals surface area contributed by atoms with E-state index in [2.05, 4.69) is 177 Å². The maximum Gasteiger partial charge on any atom is 0.220 e. The van der Waals surface area contributed by atoms with Crippen molar-refractivity contribution in [1.82, 2.24) is 5.32 Å². The molecule has 0 heterocycles. The molecule has 0 radical (unpaired) electrons. The van der Waals surface area contributed by atoms with Crippen LogP contribution in [0.25, 0.3) is 0 Å². The van der Waals surface area contributed by atoms with Gasteiger partial charge in [-0.15, -0.1) is 0 Å². The molecule has 4 nitrogen and oxygen atoms in total. The summed E-state index contributed by atoms with van der Waals surface area (Å²) in [5, 5.41) is 23.2. The first-order valence-electron chi connectivity index (χ1n) is 34.3. The topological polar surface area (TPSA) is 69.6 Å². The number of carbonyl (C=O) groups is 1. The Morgan fingerprint density at radius 1 is 0.305 bits per heavy atom.